The average molecular weight is 353 g/mol. The summed E-state index contributed by atoms with van der Waals surface area (Å²) in [5.74, 6) is -0.177. The van der Waals surface area contributed by atoms with Crippen molar-refractivity contribution in [2.24, 2.45) is 11.8 Å². The van der Waals surface area contributed by atoms with Gasteiger partial charge in [0.05, 0.1) is 11.5 Å². The highest BCUT2D eigenvalue weighted by Gasteiger charge is 2.33. The molecule has 1 aliphatic heterocycles. The summed E-state index contributed by atoms with van der Waals surface area (Å²) in [5.41, 5.74) is 1.57. The van der Waals surface area contributed by atoms with Crippen LogP contribution >= 0.6 is 0 Å². The molecule has 2 unspecified atom stereocenters. The molecule has 1 aliphatic rings. The molecule has 0 aliphatic carbocycles. The highest BCUT2D eigenvalue weighted by Crippen LogP contribution is 2.29. The van der Waals surface area contributed by atoms with Crippen molar-refractivity contribution >= 4 is 11.9 Å². The zero-order valence-electron chi connectivity index (χ0n) is 15.0. The Morgan fingerprint density at radius 2 is 1.92 bits per heavy atom. The monoisotopic (exact) mass is 353 g/mol. The molecule has 1 saturated heterocycles. The van der Waals surface area contributed by atoms with Crippen LogP contribution in [0.5, 0.6) is 11.5 Å². The van der Waals surface area contributed by atoms with Gasteiger partial charge in [-0.25, -0.2) is 0 Å². The van der Waals surface area contributed by atoms with Crippen LogP contribution in [0.15, 0.2) is 48.5 Å². The molecule has 1 fully saturated rings. The number of carboxylic acid groups (broad SMARTS) is 1. The summed E-state index contributed by atoms with van der Waals surface area (Å²) in [6.07, 6.45) is 0.475. The third-order valence-corrected chi connectivity index (χ3v) is 4.84. The number of carboxylic acids is 1. The maximum absolute atomic E-state index is 13.0. The normalized spacial score (nSPS) is 19.8. The van der Waals surface area contributed by atoms with Gasteiger partial charge in [-0.05, 0) is 49.1 Å². The lowest BCUT2D eigenvalue weighted by Gasteiger charge is -2.35. The van der Waals surface area contributed by atoms with Gasteiger partial charge in [0.15, 0.2) is 0 Å². The molecule has 0 saturated carbocycles. The van der Waals surface area contributed by atoms with Gasteiger partial charge in [0, 0.05) is 13.1 Å². The summed E-state index contributed by atoms with van der Waals surface area (Å²) in [5, 5.41) is 9.26. The van der Waals surface area contributed by atoms with E-state index >= 15 is 0 Å². The fourth-order valence-electron chi connectivity index (χ4n) is 3.41. The van der Waals surface area contributed by atoms with Crippen LogP contribution < -0.4 is 4.74 Å². The van der Waals surface area contributed by atoms with Gasteiger partial charge in [-0.15, -0.1) is 0 Å². The molecule has 1 heterocycles. The van der Waals surface area contributed by atoms with Crippen LogP contribution in [0.3, 0.4) is 0 Å². The lowest BCUT2D eigenvalue weighted by Crippen LogP contribution is -2.45. The maximum Gasteiger partial charge on any atom is 0.306 e. The number of para-hydroxylation sites is 1. The Hall–Kier alpha value is -2.82. The van der Waals surface area contributed by atoms with Crippen molar-refractivity contribution in [2.45, 2.75) is 20.3 Å². The van der Waals surface area contributed by atoms with Gasteiger partial charge in [0.25, 0.3) is 5.91 Å². The minimum atomic E-state index is -0.784. The SMILES string of the molecule is Cc1cccc(Oc2ccccc2C(=O)N2CCC(C(=O)O)C(C)C2)c1. The number of nitrogens with zero attached hydrogens (tertiary/aromatic N) is 1. The van der Waals surface area contributed by atoms with Crippen LogP contribution in [-0.4, -0.2) is 35.0 Å². The molecule has 0 spiro atoms. The number of carbonyl (C=O) groups is 2. The molecule has 2 aromatic carbocycles. The van der Waals surface area contributed by atoms with Crippen LogP contribution in [-0.2, 0) is 4.79 Å². The first kappa shape index (κ1) is 18.0. The Balaban J connectivity index is 1.79. The minimum absolute atomic E-state index is 0.0740. The van der Waals surface area contributed by atoms with Crippen molar-refractivity contribution in [3.63, 3.8) is 0 Å². The second-order valence-corrected chi connectivity index (χ2v) is 6.88. The van der Waals surface area contributed by atoms with E-state index in [4.69, 9.17) is 4.74 Å². The third-order valence-electron chi connectivity index (χ3n) is 4.84. The number of ether oxygens (including phenoxy) is 1. The molecule has 5 nitrogen and oxygen atoms in total. The number of piperidine rings is 1. The van der Waals surface area contributed by atoms with E-state index in [9.17, 15) is 14.7 Å². The number of carbonyl (C=O) groups excluding carboxylic acids is 1. The summed E-state index contributed by atoms with van der Waals surface area (Å²) in [4.78, 5) is 26.0. The predicted molar refractivity (Wildman–Crippen MR) is 98.5 cm³/mol. The van der Waals surface area contributed by atoms with Crippen LogP contribution in [0, 0.1) is 18.8 Å². The number of amides is 1. The Morgan fingerprint density at radius 1 is 1.15 bits per heavy atom. The fraction of sp³-hybridized carbons (Fsp3) is 0.333. The zero-order valence-corrected chi connectivity index (χ0v) is 15.0. The molecule has 2 atom stereocenters. The molecule has 0 radical (unpaired) electrons. The molecule has 136 valence electrons. The van der Waals surface area contributed by atoms with E-state index in [0.717, 1.165) is 5.56 Å². The minimum Gasteiger partial charge on any atom is -0.481 e. The molecular weight excluding hydrogens is 330 g/mol. The standard InChI is InChI=1S/C21H23NO4/c1-14-6-5-7-16(12-14)26-19-9-4-3-8-18(19)20(23)22-11-10-17(21(24)25)15(2)13-22/h3-9,12,15,17H,10-11,13H2,1-2H3,(H,24,25). The number of hydrogen-bond donors (Lipinski definition) is 1. The van der Waals surface area contributed by atoms with Gasteiger partial charge >= 0.3 is 5.97 Å². The van der Waals surface area contributed by atoms with E-state index in [2.05, 4.69) is 0 Å². The number of benzene rings is 2. The highest BCUT2D eigenvalue weighted by atomic mass is 16.5. The molecule has 1 amide bonds. The van der Waals surface area contributed by atoms with E-state index in [1.807, 2.05) is 50.2 Å². The first-order valence-corrected chi connectivity index (χ1v) is 8.81. The van der Waals surface area contributed by atoms with Crippen molar-refractivity contribution in [3.8, 4) is 11.5 Å². The Morgan fingerprint density at radius 3 is 2.62 bits per heavy atom. The molecule has 2 aromatic rings. The maximum atomic E-state index is 13.0. The highest BCUT2D eigenvalue weighted by molar-refractivity contribution is 5.97. The van der Waals surface area contributed by atoms with Crippen molar-refractivity contribution in [3.05, 3.63) is 59.7 Å². The van der Waals surface area contributed by atoms with Gasteiger partial charge in [-0.2, -0.15) is 0 Å². The molecule has 0 aromatic heterocycles. The summed E-state index contributed by atoms with van der Waals surface area (Å²) < 4.78 is 5.95. The van der Waals surface area contributed by atoms with Crippen LogP contribution in [0.2, 0.25) is 0 Å². The molecule has 0 bridgehead atoms. The third kappa shape index (κ3) is 3.87. The van der Waals surface area contributed by atoms with Gasteiger partial charge in [0.2, 0.25) is 0 Å². The molecule has 1 N–H and O–H groups in total. The van der Waals surface area contributed by atoms with E-state index in [1.165, 1.54) is 0 Å². The second kappa shape index (κ2) is 7.60. The number of aliphatic carboxylic acids is 1. The first-order chi connectivity index (χ1) is 12.5. The van der Waals surface area contributed by atoms with E-state index in [0.29, 0.717) is 36.6 Å². The van der Waals surface area contributed by atoms with Crippen LogP contribution in [0.25, 0.3) is 0 Å². The molecule has 5 heteroatoms. The van der Waals surface area contributed by atoms with E-state index in [1.54, 1.807) is 17.0 Å². The topological polar surface area (TPSA) is 66.8 Å². The molecule has 3 rings (SSSR count). The van der Waals surface area contributed by atoms with Crippen molar-refractivity contribution in [1.29, 1.82) is 0 Å². The first-order valence-electron chi connectivity index (χ1n) is 8.81. The van der Waals surface area contributed by atoms with Crippen LogP contribution in [0.4, 0.5) is 0 Å². The van der Waals surface area contributed by atoms with Crippen molar-refractivity contribution in [2.75, 3.05) is 13.1 Å². The quantitative estimate of drug-likeness (QED) is 0.903. The Kier molecular flexibility index (Phi) is 5.26. The van der Waals surface area contributed by atoms with Crippen LogP contribution in [0.1, 0.15) is 29.3 Å². The van der Waals surface area contributed by atoms with Crippen molar-refractivity contribution in [1.82, 2.24) is 4.90 Å². The lowest BCUT2D eigenvalue weighted by atomic mass is 9.87. The fourth-order valence-corrected chi connectivity index (χ4v) is 3.41. The average Bonchev–Trinajstić information content (AvgIpc) is 2.61. The smallest absolute Gasteiger partial charge is 0.306 e. The largest absolute Gasteiger partial charge is 0.481 e. The number of likely N-dealkylation sites (tertiary alicyclic amines) is 1. The Bertz CT molecular complexity index is 817. The molecule has 26 heavy (non-hydrogen) atoms. The summed E-state index contributed by atoms with van der Waals surface area (Å²) in [7, 11) is 0. The summed E-state index contributed by atoms with van der Waals surface area (Å²) in [6, 6.07) is 14.8. The zero-order chi connectivity index (χ0) is 18.7. The summed E-state index contributed by atoms with van der Waals surface area (Å²) >= 11 is 0. The van der Waals surface area contributed by atoms with Gasteiger partial charge in [0.1, 0.15) is 11.5 Å². The lowest BCUT2D eigenvalue weighted by molar-refractivity contribution is -0.145. The Labute approximate surface area is 153 Å². The number of aryl methyl sites for hydroxylation is 1. The second-order valence-electron chi connectivity index (χ2n) is 6.88. The summed E-state index contributed by atoms with van der Waals surface area (Å²) in [6.45, 7) is 4.75. The van der Waals surface area contributed by atoms with Crippen molar-refractivity contribution < 1.29 is 19.4 Å². The van der Waals surface area contributed by atoms with E-state index in [-0.39, 0.29) is 11.8 Å². The number of rotatable bonds is 4. The van der Waals surface area contributed by atoms with E-state index < -0.39 is 11.9 Å². The molecular formula is C21H23NO4. The number of hydrogen-bond acceptors (Lipinski definition) is 3. The van der Waals surface area contributed by atoms with Gasteiger partial charge in [-0.3, -0.25) is 9.59 Å². The van der Waals surface area contributed by atoms with Gasteiger partial charge < -0.3 is 14.7 Å². The van der Waals surface area contributed by atoms with Gasteiger partial charge in [-0.1, -0.05) is 31.2 Å². The predicted octanol–water partition coefficient (Wildman–Crippen LogP) is 3.97.